The molecule has 1 amide bonds. The van der Waals surface area contributed by atoms with Crippen LogP contribution in [0.25, 0.3) is 5.69 Å². The Balaban J connectivity index is 1.57. The second-order valence-corrected chi connectivity index (χ2v) is 6.93. The van der Waals surface area contributed by atoms with Gasteiger partial charge < -0.3 is 9.64 Å². The lowest BCUT2D eigenvalue weighted by molar-refractivity contribution is -0.189. The van der Waals surface area contributed by atoms with Crippen molar-refractivity contribution in [3.05, 3.63) is 65.2 Å². The lowest BCUT2D eigenvalue weighted by atomic mass is 10.1. The first-order valence-electron chi connectivity index (χ1n) is 9.17. The number of hydrogen-bond acceptors (Lipinski definition) is 6. The van der Waals surface area contributed by atoms with Crippen molar-refractivity contribution < 1.29 is 22.7 Å². The average Bonchev–Trinajstić information content (AvgIpc) is 3.33. The molecule has 1 aromatic carbocycles. The number of hydrogen-bond donors (Lipinski definition) is 0. The van der Waals surface area contributed by atoms with Gasteiger partial charge in [0.2, 0.25) is 0 Å². The number of aromatic nitrogens is 4. The summed E-state index contributed by atoms with van der Waals surface area (Å²) >= 11 is 0. The number of carbonyl (C=O) groups excluding carboxylic acids is 1. The zero-order chi connectivity index (χ0) is 22.2. The minimum atomic E-state index is -4.59. The van der Waals surface area contributed by atoms with Gasteiger partial charge in [-0.05, 0) is 31.2 Å². The Labute approximate surface area is 174 Å². The van der Waals surface area contributed by atoms with E-state index in [0.29, 0.717) is 11.4 Å². The summed E-state index contributed by atoms with van der Waals surface area (Å²) in [7, 11) is 0. The molecule has 0 spiro atoms. The highest BCUT2D eigenvalue weighted by Gasteiger charge is 2.39. The summed E-state index contributed by atoms with van der Waals surface area (Å²) in [5.41, 5.74) is 2.20. The maximum atomic E-state index is 13.1. The normalized spacial score (nSPS) is 14.1. The molecule has 1 atom stereocenters. The van der Waals surface area contributed by atoms with Crippen molar-refractivity contribution in [3.8, 4) is 17.5 Å². The summed E-state index contributed by atoms with van der Waals surface area (Å²) in [6, 6.07) is 7.37. The largest absolute Gasteiger partial charge is 0.480 e. The van der Waals surface area contributed by atoms with E-state index >= 15 is 0 Å². The Kier molecular flexibility index (Phi) is 5.06. The zero-order valence-corrected chi connectivity index (χ0v) is 16.2. The summed E-state index contributed by atoms with van der Waals surface area (Å²) in [5.74, 6) is -0.775. The van der Waals surface area contributed by atoms with Gasteiger partial charge in [0.15, 0.2) is 6.10 Å². The van der Waals surface area contributed by atoms with E-state index in [1.165, 1.54) is 29.3 Å². The molecule has 8 nitrogen and oxygen atoms in total. The first-order chi connectivity index (χ1) is 14.8. The molecule has 0 saturated carbocycles. The first-order valence-corrected chi connectivity index (χ1v) is 9.17. The Morgan fingerprint density at radius 2 is 2.06 bits per heavy atom. The molecule has 0 aliphatic carbocycles. The molecule has 158 valence electrons. The number of amides is 1. The third-order valence-corrected chi connectivity index (χ3v) is 4.80. The van der Waals surface area contributed by atoms with Crippen LogP contribution in [0.5, 0.6) is 5.75 Å². The van der Waals surface area contributed by atoms with Gasteiger partial charge in [0.05, 0.1) is 47.5 Å². The Hall–Kier alpha value is -3.94. The van der Waals surface area contributed by atoms with E-state index in [-0.39, 0.29) is 30.0 Å². The smallest absolute Gasteiger partial charge is 0.425 e. The van der Waals surface area contributed by atoms with Crippen molar-refractivity contribution in [2.75, 3.05) is 0 Å². The lowest BCUT2D eigenvalue weighted by Gasteiger charge is -2.22. The molecular formula is C20H15F3N6O2. The maximum absolute atomic E-state index is 13.1. The Morgan fingerprint density at radius 1 is 1.26 bits per heavy atom. The van der Waals surface area contributed by atoms with Gasteiger partial charge in [-0.1, -0.05) is 0 Å². The quantitative estimate of drug-likeness (QED) is 0.634. The van der Waals surface area contributed by atoms with E-state index < -0.39 is 18.2 Å². The summed E-state index contributed by atoms with van der Waals surface area (Å²) in [4.78, 5) is 14.5. The minimum absolute atomic E-state index is 0.105. The van der Waals surface area contributed by atoms with Crippen LogP contribution in [-0.2, 0) is 13.1 Å². The average molecular weight is 428 g/mol. The highest BCUT2D eigenvalue weighted by Crippen LogP contribution is 2.31. The maximum Gasteiger partial charge on any atom is 0.425 e. The van der Waals surface area contributed by atoms with Crippen LogP contribution in [0.4, 0.5) is 13.2 Å². The first kappa shape index (κ1) is 20.3. The van der Waals surface area contributed by atoms with Crippen LogP contribution in [-0.4, -0.2) is 43.1 Å². The van der Waals surface area contributed by atoms with Gasteiger partial charge in [-0.25, -0.2) is 4.68 Å². The van der Waals surface area contributed by atoms with Crippen LogP contribution in [0.2, 0.25) is 0 Å². The monoisotopic (exact) mass is 428 g/mol. The molecule has 3 aromatic rings. The molecule has 0 N–H and O–H groups in total. The lowest BCUT2D eigenvalue weighted by Crippen LogP contribution is -2.32. The van der Waals surface area contributed by atoms with Crippen molar-refractivity contribution >= 4 is 5.91 Å². The van der Waals surface area contributed by atoms with Gasteiger partial charge in [-0.15, -0.1) is 0 Å². The van der Waals surface area contributed by atoms with Crippen molar-refractivity contribution in [2.45, 2.75) is 32.3 Å². The second kappa shape index (κ2) is 7.71. The van der Waals surface area contributed by atoms with Gasteiger partial charge in [0, 0.05) is 18.3 Å². The predicted molar refractivity (Wildman–Crippen MR) is 100 cm³/mol. The molecule has 0 fully saturated rings. The molecule has 0 radical (unpaired) electrons. The van der Waals surface area contributed by atoms with Crippen LogP contribution in [0.15, 0.2) is 42.9 Å². The molecule has 3 heterocycles. The van der Waals surface area contributed by atoms with Gasteiger partial charge >= 0.3 is 6.18 Å². The number of nitriles is 1. The summed E-state index contributed by atoms with van der Waals surface area (Å²) in [6.45, 7) is 1.25. The fourth-order valence-corrected chi connectivity index (χ4v) is 3.14. The number of benzene rings is 1. The number of halogens is 3. The van der Waals surface area contributed by atoms with Crippen LogP contribution >= 0.6 is 0 Å². The van der Waals surface area contributed by atoms with Crippen LogP contribution in [0, 0.1) is 11.3 Å². The molecule has 0 saturated heterocycles. The summed E-state index contributed by atoms with van der Waals surface area (Å²) in [5, 5.41) is 21.1. The number of alkyl halides is 3. The van der Waals surface area contributed by atoms with E-state index in [9.17, 15) is 18.0 Å². The standard InChI is InChI=1S/C20H15F3N6O2/c1-12(20(21,22)23)31-18-3-2-13(7-24)6-16(18)19(30)28-9-14-10-29(27-17(14)11-28)15-4-5-25-26-8-15/h2-6,8,10,12H,9,11H2,1H3/t12-/m0/s1. The zero-order valence-electron chi connectivity index (χ0n) is 16.2. The van der Waals surface area contributed by atoms with Gasteiger partial charge in [0.25, 0.3) is 5.91 Å². The van der Waals surface area contributed by atoms with Gasteiger partial charge in [0.1, 0.15) is 5.75 Å². The van der Waals surface area contributed by atoms with Gasteiger partial charge in [-0.2, -0.15) is 33.7 Å². The summed E-state index contributed by atoms with van der Waals surface area (Å²) < 4.78 is 45.4. The van der Waals surface area contributed by atoms with Crippen LogP contribution in [0.3, 0.4) is 0 Å². The van der Waals surface area contributed by atoms with Crippen molar-refractivity contribution in [1.82, 2.24) is 24.9 Å². The molecule has 4 rings (SSSR count). The number of fused-ring (bicyclic) bond motifs is 1. The Bertz CT molecular complexity index is 1150. The molecule has 11 heteroatoms. The molecular weight excluding hydrogens is 413 g/mol. The Morgan fingerprint density at radius 3 is 2.71 bits per heavy atom. The number of carbonyl (C=O) groups is 1. The summed E-state index contributed by atoms with van der Waals surface area (Å²) in [6.07, 6.45) is -1.87. The number of ether oxygens (including phenoxy) is 1. The van der Waals surface area contributed by atoms with E-state index in [1.807, 2.05) is 6.07 Å². The van der Waals surface area contributed by atoms with Crippen molar-refractivity contribution in [3.63, 3.8) is 0 Å². The second-order valence-electron chi connectivity index (χ2n) is 6.93. The fraction of sp³-hybridized carbons (Fsp3) is 0.250. The number of rotatable bonds is 4. The van der Waals surface area contributed by atoms with Crippen molar-refractivity contribution in [2.24, 2.45) is 0 Å². The highest BCUT2D eigenvalue weighted by atomic mass is 19.4. The van der Waals surface area contributed by atoms with E-state index in [4.69, 9.17) is 10.00 Å². The van der Waals surface area contributed by atoms with E-state index in [0.717, 1.165) is 12.5 Å². The molecule has 31 heavy (non-hydrogen) atoms. The van der Waals surface area contributed by atoms with Crippen LogP contribution < -0.4 is 4.74 Å². The number of nitrogens with zero attached hydrogens (tertiary/aromatic N) is 6. The molecule has 1 aliphatic rings. The molecule has 0 bridgehead atoms. The van der Waals surface area contributed by atoms with E-state index in [1.54, 1.807) is 23.1 Å². The molecule has 2 aromatic heterocycles. The SMILES string of the molecule is C[C@H](Oc1ccc(C#N)cc1C(=O)N1Cc2cn(-c3ccnnc3)nc2C1)C(F)(F)F. The van der Waals surface area contributed by atoms with Gasteiger partial charge in [-0.3, -0.25) is 4.79 Å². The molecule has 0 unspecified atom stereocenters. The third kappa shape index (κ3) is 4.05. The van der Waals surface area contributed by atoms with Crippen LogP contribution in [0.1, 0.15) is 34.1 Å². The third-order valence-electron chi connectivity index (χ3n) is 4.80. The minimum Gasteiger partial charge on any atom is -0.480 e. The van der Waals surface area contributed by atoms with E-state index in [2.05, 4.69) is 15.3 Å². The fourth-order valence-electron chi connectivity index (χ4n) is 3.14. The topological polar surface area (TPSA) is 96.9 Å². The van der Waals surface area contributed by atoms with Crippen molar-refractivity contribution in [1.29, 1.82) is 5.26 Å². The highest BCUT2D eigenvalue weighted by molar-refractivity contribution is 5.97. The molecule has 1 aliphatic heterocycles. The predicted octanol–water partition coefficient (Wildman–Crippen LogP) is 3.02.